The van der Waals surface area contributed by atoms with Gasteiger partial charge in [-0.1, -0.05) is 11.3 Å². The van der Waals surface area contributed by atoms with Gasteiger partial charge >= 0.3 is 6.03 Å². The minimum atomic E-state index is -0.474. The maximum absolute atomic E-state index is 11.6. The zero-order valence-corrected chi connectivity index (χ0v) is 14.7. The number of nitrogens with two attached hydrogens (primary N) is 1. The Balaban J connectivity index is 1.77. The van der Waals surface area contributed by atoms with E-state index in [0.29, 0.717) is 11.7 Å². The van der Waals surface area contributed by atoms with E-state index in [-0.39, 0.29) is 0 Å². The molecular formula is C16H15N5OS2. The number of carbonyl (C=O) groups excluding carboxylic acids is 1. The van der Waals surface area contributed by atoms with Gasteiger partial charge in [-0.25, -0.2) is 14.8 Å². The number of nitrogens with zero attached hydrogens (tertiary/aromatic N) is 4. The van der Waals surface area contributed by atoms with Crippen molar-refractivity contribution in [1.29, 1.82) is 0 Å². The van der Waals surface area contributed by atoms with Crippen LogP contribution in [-0.4, -0.2) is 27.5 Å². The van der Waals surface area contributed by atoms with Crippen molar-refractivity contribution < 1.29 is 4.79 Å². The molecule has 24 heavy (non-hydrogen) atoms. The summed E-state index contributed by atoms with van der Waals surface area (Å²) in [6.45, 7) is 2.40. The van der Waals surface area contributed by atoms with E-state index >= 15 is 0 Å². The number of aromatic nitrogens is 3. The second-order valence-electron chi connectivity index (χ2n) is 5.39. The Morgan fingerprint density at radius 1 is 1.33 bits per heavy atom. The molecule has 0 unspecified atom stereocenters. The molecule has 0 radical (unpaired) electrons. The zero-order chi connectivity index (χ0) is 16.7. The van der Waals surface area contributed by atoms with Gasteiger partial charge in [-0.15, -0.1) is 11.3 Å². The number of urea groups is 1. The Labute approximate surface area is 147 Å². The van der Waals surface area contributed by atoms with Crippen molar-refractivity contribution in [1.82, 2.24) is 15.0 Å². The summed E-state index contributed by atoms with van der Waals surface area (Å²) < 4.78 is 0. The third kappa shape index (κ3) is 2.47. The third-order valence-electron chi connectivity index (χ3n) is 3.91. The molecule has 6 nitrogen and oxygen atoms in total. The summed E-state index contributed by atoms with van der Waals surface area (Å²) in [6, 6.07) is 3.46. The Bertz CT molecular complexity index is 903. The Morgan fingerprint density at radius 3 is 2.92 bits per heavy atom. The van der Waals surface area contributed by atoms with E-state index < -0.39 is 6.03 Å². The number of carbonyl (C=O) groups is 1. The normalized spacial score (nSPS) is 12.5. The maximum atomic E-state index is 11.6. The van der Waals surface area contributed by atoms with E-state index in [1.165, 1.54) is 21.1 Å². The molecule has 0 spiro atoms. The van der Waals surface area contributed by atoms with Crippen LogP contribution in [0.15, 0.2) is 24.5 Å². The number of primary amides is 1. The highest BCUT2D eigenvalue weighted by atomic mass is 32.1. The number of anilines is 1. The van der Waals surface area contributed by atoms with Gasteiger partial charge in [0.15, 0.2) is 5.13 Å². The van der Waals surface area contributed by atoms with Crippen LogP contribution < -0.4 is 10.6 Å². The van der Waals surface area contributed by atoms with Gasteiger partial charge in [-0.3, -0.25) is 9.88 Å². The molecule has 2 N–H and O–H groups in total. The number of hydrogen-bond acceptors (Lipinski definition) is 6. The lowest BCUT2D eigenvalue weighted by atomic mass is 10.1. The summed E-state index contributed by atoms with van der Waals surface area (Å²) in [7, 11) is 0. The SMILES string of the molecule is CCN(C(N)=O)c1nc2c(s1)-c1nc(-c3cccnc3)sc1CC2. The van der Waals surface area contributed by atoms with Gasteiger partial charge in [0.1, 0.15) is 5.01 Å². The Morgan fingerprint density at radius 2 is 2.21 bits per heavy atom. The van der Waals surface area contributed by atoms with E-state index in [1.807, 2.05) is 25.3 Å². The first-order chi connectivity index (χ1) is 11.7. The van der Waals surface area contributed by atoms with Crippen molar-refractivity contribution in [3.05, 3.63) is 35.1 Å². The average Bonchev–Trinajstić information content (AvgIpc) is 3.19. The average molecular weight is 357 g/mol. The molecule has 0 aliphatic heterocycles. The third-order valence-corrected chi connectivity index (χ3v) is 6.20. The second-order valence-corrected chi connectivity index (χ2v) is 7.45. The second kappa shape index (κ2) is 5.95. The lowest BCUT2D eigenvalue weighted by Gasteiger charge is -2.13. The molecule has 0 aromatic carbocycles. The van der Waals surface area contributed by atoms with Gasteiger partial charge in [0.2, 0.25) is 0 Å². The molecule has 3 heterocycles. The van der Waals surface area contributed by atoms with E-state index in [1.54, 1.807) is 17.5 Å². The molecule has 0 bridgehead atoms. The van der Waals surface area contributed by atoms with Crippen molar-refractivity contribution in [2.75, 3.05) is 11.4 Å². The van der Waals surface area contributed by atoms with Crippen LogP contribution in [0.2, 0.25) is 0 Å². The summed E-state index contributed by atoms with van der Waals surface area (Å²) in [6.07, 6.45) is 5.37. The quantitative estimate of drug-likeness (QED) is 0.779. The van der Waals surface area contributed by atoms with Crippen LogP contribution in [0.5, 0.6) is 0 Å². The van der Waals surface area contributed by atoms with Gasteiger partial charge in [-0.2, -0.15) is 0 Å². The summed E-state index contributed by atoms with van der Waals surface area (Å²) in [4.78, 5) is 29.0. The predicted octanol–water partition coefficient (Wildman–Crippen LogP) is 3.33. The molecular weight excluding hydrogens is 342 g/mol. The Kier molecular flexibility index (Phi) is 3.78. The molecule has 8 heteroatoms. The first kappa shape index (κ1) is 15.2. The van der Waals surface area contributed by atoms with Crippen molar-refractivity contribution in [3.63, 3.8) is 0 Å². The molecule has 1 aliphatic carbocycles. The first-order valence-electron chi connectivity index (χ1n) is 7.64. The molecule has 3 aromatic rings. The lowest BCUT2D eigenvalue weighted by Crippen LogP contribution is -2.35. The van der Waals surface area contributed by atoms with E-state index in [4.69, 9.17) is 10.7 Å². The highest BCUT2D eigenvalue weighted by Gasteiger charge is 2.27. The van der Waals surface area contributed by atoms with Crippen LogP contribution in [0.1, 0.15) is 17.5 Å². The van der Waals surface area contributed by atoms with Crippen molar-refractivity contribution >= 4 is 33.8 Å². The lowest BCUT2D eigenvalue weighted by molar-refractivity contribution is 0.254. The van der Waals surface area contributed by atoms with E-state index in [2.05, 4.69) is 9.97 Å². The largest absolute Gasteiger partial charge is 0.351 e. The zero-order valence-electron chi connectivity index (χ0n) is 13.0. The number of amides is 2. The molecule has 3 aromatic heterocycles. The van der Waals surface area contributed by atoms with Gasteiger partial charge in [0.05, 0.1) is 16.3 Å². The summed E-state index contributed by atoms with van der Waals surface area (Å²) in [5, 5.41) is 1.62. The number of fused-ring (bicyclic) bond motifs is 3. The fourth-order valence-electron chi connectivity index (χ4n) is 2.74. The molecule has 0 fully saturated rings. The van der Waals surface area contributed by atoms with Crippen LogP contribution in [0.25, 0.3) is 21.1 Å². The minimum Gasteiger partial charge on any atom is -0.351 e. The molecule has 0 saturated heterocycles. The fraction of sp³-hybridized carbons (Fsp3) is 0.250. The number of aryl methyl sites for hydroxylation is 2. The van der Waals surface area contributed by atoms with Gasteiger partial charge in [0.25, 0.3) is 0 Å². The first-order valence-corrected chi connectivity index (χ1v) is 9.27. The molecule has 0 saturated carbocycles. The maximum Gasteiger partial charge on any atom is 0.321 e. The van der Waals surface area contributed by atoms with Crippen molar-refractivity contribution in [2.24, 2.45) is 5.73 Å². The summed E-state index contributed by atoms with van der Waals surface area (Å²) in [5.74, 6) is 0. The molecule has 0 atom stereocenters. The van der Waals surface area contributed by atoms with E-state index in [9.17, 15) is 4.79 Å². The van der Waals surface area contributed by atoms with Crippen LogP contribution in [0.3, 0.4) is 0 Å². The van der Waals surface area contributed by atoms with Crippen LogP contribution in [0, 0.1) is 0 Å². The molecule has 2 amide bonds. The van der Waals surface area contributed by atoms with Gasteiger partial charge in [0, 0.05) is 29.4 Å². The van der Waals surface area contributed by atoms with Crippen LogP contribution in [-0.2, 0) is 12.8 Å². The number of hydrogen-bond donors (Lipinski definition) is 1. The standard InChI is InChI=1S/C16H15N5OS2/c1-2-21(15(17)22)16-19-10-5-6-11-12(13(10)24-16)20-14(23-11)9-4-3-7-18-8-9/h3-4,7-8H,2,5-6H2,1H3,(H2,17,22). The summed E-state index contributed by atoms with van der Waals surface area (Å²) >= 11 is 3.19. The van der Waals surface area contributed by atoms with Gasteiger partial charge < -0.3 is 5.73 Å². The molecule has 4 rings (SSSR count). The Hall–Kier alpha value is -2.32. The van der Waals surface area contributed by atoms with Gasteiger partial charge in [-0.05, 0) is 31.9 Å². The number of rotatable bonds is 3. The van der Waals surface area contributed by atoms with Crippen molar-refractivity contribution in [2.45, 2.75) is 19.8 Å². The minimum absolute atomic E-state index is 0.474. The molecule has 122 valence electrons. The summed E-state index contributed by atoms with van der Waals surface area (Å²) in [5.41, 5.74) is 8.46. The number of thiazole rings is 2. The molecule has 1 aliphatic rings. The predicted molar refractivity (Wildman–Crippen MR) is 96.5 cm³/mol. The monoisotopic (exact) mass is 357 g/mol. The van der Waals surface area contributed by atoms with Crippen LogP contribution in [0.4, 0.5) is 9.93 Å². The topological polar surface area (TPSA) is 85.0 Å². The fourth-order valence-corrected chi connectivity index (χ4v) is 5.06. The highest BCUT2D eigenvalue weighted by molar-refractivity contribution is 7.20. The highest BCUT2D eigenvalue weighted by Crippen LogP contribution is 2.43. The van der Waals surface area contributed by atoms with Crippen molar-refractivity contribution in [3.8, 4) is 21.1 Å². The van der Waals surface area contributed by atoms with Crippen LogP contribution >= 0.6 is 22.7 Å². The number of pyridine rings is 1. The smallest absolute Gasteiger partial charge is 0.321 e. The van der Waals surface area contributed by atoms with E-state index in [0.717, 1.165) is 39.7 Å².